The van der Waals surface area contributed by atoms with Crippen LogP contribution in [0.4, 0.5) is 0 Å². The molecule has 5 nitrogen and oxygen atoms in total. The molecular formula is C15H17N3O2. The van der Waals surface area contributed by atoms with E-state index in [-0.39, 0.29) is 5.91 Å². The highest BCUT2D eigenvalue weighted by molar-refractivity contribution is 5.91. The Balaban J connectivity index is 1.65. The van der Waals surface area contributed by atoms with Crippen molar-refractivity contribution >= 4 is 5.91 Å². The molecule has 104 valence electrons. The van der Waals surface area contributed by atoms with Crippen LogP contribution in [0.5, 0.6) is 0 Å². The summed E-state index contributed by atoms with van der Waals surface area (Å²) in [7, 11) is 1.74. The van der Waals surface area contributed by atoms with Crippen LogP contribution in [0, 0.1) is 5.92 Å². The molecular weight excluding hydrogens is 254 g/mol. The second-order valence-electron chi connectivity index (χ2n) is 5.38. The van der Waals surface area contributed by atoms with Crippen molar-refractivity contribution < 1.29 is 9.21 Å². The summed E-state index contributed by atoms with van der Waals surface area (Å²) >= 11 is 0. The molecule has 20 heavy (non-hydrogen) atoms. The maximum atomic E-state index is 12.1. The number of hydrogen-bond donors (Lipinski definition) is 0. The van der Waals surface area contributed by atoms with E-state index in [0.29, 0.717) is 24.1 Å². The molecule has 0 spiro atoms. The van der Waals surface area contributed by atoms with Gasteiger partial charge in [0.2, 0.25) is 0 Å². The second-order valence-corrected chi connectivity index (χ2v) is 5.38. The van der Waals surface area contributed by atoms with Gasteiger partial charge >= 0.3 is 0 Å². The Labute approximate surface area is 117 Å². The number of nitrogens with zero attached hydrogens (tertiary/aromatic N) is 3. The van der Waals surface area contributed by atoms with Crippen LogP contribution in [-0.4, -0.2) is 27.8 Å². The zero-order valence-electron chi connectivity index (χ0n) is 11.6. The van der Waals surface area contributed by atoms with Gasteiger partial charge in [0.1, 0.15) is 17.2 Å². The van der Waals surface area contributed by atoms with Gasteiger partial charge in [0.05, 0.1) is 12.7 Å². The molecule has 2 heterocycles. The van der Waals surface area contributed by atoms with E-state index < -0.39 is 0 Å². The number of carbonyl (C=O) groups is 1. The molecule has 2 aromatic rings. The molecule has 0 aliphatic heterocycles. The summed E-state index contributed by atoms with van der Waals surface area (Å²) in [6.07, 6.45) is 5.73. The summed E-state index contributed by atoms with van der Waals surface area (Å²) in [5.74, 6) is 2.96. The SMILES string of the molecule is C[C@H]1C[C@@H]1c1ccc(CN(C)C(=O)c2cnccn2)o1. The van der Waals surface area contributed by atoms with Crippen molar-refractivity contribution in [3.8, 4) is 0 Å². The number of hydrogen-bond acceptors (Lipinski definition) is 4. The van der Waals surface area contributed by atoms with Crippen LogP contribution < -0.4 is 0 Å². The molecule has 1 saturated carbocycles. The highest BCUT2D eigenvalue weighted by Crippen LogP contribution is 2.47. The van der Waals surface area contributed by atoms with Crippen molar-refractivity contribution in [2.75, 3.05) is 7.05 Å². The van der Waals surface area contributed by atoms with Gasteiger partial charge in [0.25, 0.3) is 5.91 Å². The summed E-state index contributed by atoms with van der Waals surface area (Å²) in [4.78, 5) is 21.6. The van der Waals surface area contributed by atoms with Gasteiger partial charge in [-0.05, 0) is 24.5 Å². The van der Waals surface area contributed by atoms with Crippen molar-refractivity contribution in [2.24, 2.45) is 5.92 Å². The third kappa shape index (κ3) is 2.57. The number of rotatable bonds is 4. The van der Waals surface area contributed by atoms with Gasteiger partial charge in [0, 0.05) is 25.4 Å². The minimum atomic E-state index is -0.157. The fourth-order valence-corrected chi connectivity index (χ4v) is 2.31. The Kier molecular flexibility index (Phi) is 3.26. The molecule has 3 rings (SSSR count). The lowest BCUT2D eigenvalue weighted by Gasteiger charge is -2.14. The summed E-state index contributed by atoms with van der Waals surface area (Å²) in [6.45, 7) is 2.66. The van der Waals surface area contributed by atoms with E-state index in [1.54, 1.807) is 18.1 Å². The van der Waals surface area contributed by atoms with Crippen molar-refractivity contribution in [3.05, 3.63) is 47.9 Å². The molecule has 2 aromatic heterocycles. The topological polar surface area (TPSA) is 59.2 Å². The van der Waals surface area contributed by atoms with Crippen molar-refractivity contribution in [2.45, 2.75) is 25.8 Å². The Hall–Kier alpha value is -2.17. The minimum absolute atomic E-state index is 0.157. The largest absolute Gasteiger partial charge is 0.464 e. The Bertz CT molecular complexity index is 609. The zero-order chi connectivity index (χ0) is 14.1. The van der Waals surface area contributed by atoms with E-state index in [0.717, 1.165) is 11.5 Å². The van der Waals surface area contributed by atoms with Gasteiger partial charge in [0.15, 0.2) is 0 Å². The average molecular weight is 271 g/mol. The monoisotopic (exact) mass is 271 g/mol. The number of furan rings is 1. The lowest BCUT2D eigenvalue weighted by atomic mass is 10.3. The average Bonchev–Trinajstić information content (AvgIpc) is 3.01. The van der Waals surface area contributed by atoms with Crippen molar-refractivity contribution in [1.29, 1.82) is 0 Å². The van der Waals surface area contributed by atoms with E-state index in [4.69, 9.17) is 4.42 Å². The van der Waals surface area contributed by atoms with Gasteiger partial charge in [-0.15, -0.1) is 0 Å². The first-order chi connectivity index (χ1) is 9.65. The highest BCUT2D eigenvalue weighted by Gasteiger charge is 2.36. The Morgan fingerprint density at radius 1 is 1.45 bits per heavy atom. The number of carbonyl (C=O) groups excluding carboxylic acids is 1. The predicted octanol–water partition coefficient (Wildman–Crippen LogP) is 2.47. The minimum Gasteiger partial charge on any atom is -0.464 e. The normalized spacial score (nSPS) is 20.7. The maximum absolute atomic E-state index is 12.1. The predicted molar refractivity (Wildman–Crippen MR) is 73.1 cm³/mol. The van der Waals surface area contributed by atoms with E-state index in [9.17, 15) is 4.79 Å². The van der Waals surface area contributed by atoms with Crippen LogP contribution in [0.1, 0.15) is 41.3 Å². The standard InChI is InChI=1S/C15H17N3O2/c1-10-7-12(10)14-4-3-11(20-14)9-18(2)15(19)13-8-16-5-6-17-13/h3-6,8,10,12H,7,9H2,1-2H3/t10-,12-/m0/s1. The molecule has 1 fully saturated rings. The Morgan fingerprint density at radius 3 is 2.90 bits per heavy atom. The molecule has 1 aliphatic carbocycles. The van der Waals surface area contributed by atoms with E-state index >= 15 is 0 Å². The smallest absolute Gasteiger partial charge is 0.274 e. The molecule has 5 heteroatoms. The first kappa shape index (κ1) is 12.8. The van der Waals surface area contributed by atoms with Crippen molar-refractivity contribution in [1.82, 2.24) is 14.9 Å². The fourth-order valence-electron chi connectivity index (χ4n) is 2.31. The molecule has 0 saturated heterocycles. The molecule has 0 radical (unpaired) electrons. The van der Waals surface area contributed by atoms with Crippen LogP contribution in [-0.2, 0) is 6.54 Å². The van der Waals surface area contributed by atoms with Crippen LogP contribution >= 0.6 is 0 Å². The van der Waals surface area contributed by atoms with Gasteiger partial charge in [-0.1, -0.05) is 6.92 Å². The van der Waals surface area contributed by atoms with Crippen LogP contribution in [0.15, 0.2) is 35.1 Å². The lowest BCUT2D eigenvalue weighted by molar-refractivity contribution is 0.0768. The number of aromatic nitrogens is 2. The quantitative estimate of drug-likeness (QED) is 0.857. The van der Waals surface area contributed by atoms with Crippen LogP contribution in [0.3, 0.4) is 0 Å². The lowest BCUT2D eigenvalue weighted by Crippen LogP contribution is -2.26. The first-order valence-electron chi connectivity index (χ1n) is 6.75. The van der Waals surface area contributed by atoms with Crippen LogP contribution in [0.25, 0.3) is 0 Å². The van der Waals surface area contributed by atoms with E-state index in [1.807, 2.05) is 12.1 Å². The summed E-state index contributed by atoms with van der Waals surface area (Å²) in [5, 5.41) is 0. The summed E-state index contributed by atoms with van der Waals surface area (Å²) < 4.78 is 5.80. The zero-order valence-corrected chi connectivity index (χ0v) is 11.6. The summed E-state index contributed by atoms with van der Waals surface area (Å²) in [5.41, 5.74) is 0.345. The molecule has 2 atom stereocenters. The van der Waals surface area contributed by atoms with Gasteiger partial charge in [-0.2, -0.15) is 0 Å². The molecule has 0 unspecified atom stereocenters. The van der Waals surface area contributed by atoms with Gasteiger partial charge in [-0.25, -0.2) is 4.98 Å². The van der Waals surface area contributed by atoms with E-state index in [1.165, 1.54) is 18.8 Å². The van der Waals surface area contributed by atoms with Crippen LogP contribution in [0.2, 0.25) is 0 Å². The third-order valence-corrected chi connectivity index (χ3v) is 3.68. The fraction of sp³-hybridized carbons (Fsp3) is 0.400. The second kappa shape index (κ2) is 5.07. The molecule has 1 aliphatic rings. The molecule has 1 amide bonds. The van der Waals surface area contributed by atoms with E-state index in [2.05, 4.69) is 16.9 Å². The summed E-state index contributed by atoms with van der Waals surface area (Å²) in [6, 6.07) is 3.96. The first-order valence-corrected chi connectivity index (χ1v) is 6.75. The Morgan fingerprint density at radius 2 is 2.25 bits per heavy atom. The number of amides is 1. The highest BCUT2D eigenvalue weighted by atomic mass is 16.3. The third-order valence-electron chi connectivity index (χ3n) is 3.68. The molecule has 0 aromatic carbocycles. The van der Waals surface area contributed by atoms with Gasteiger partial charge < -0.3 is 9.32 Å². The maximum Gasteiger partial charge on any atom is 0.274 e. The molecule has 0 N–H and O–H groups in total. The van der Waals surface area contributed by atoms with Crippen molar-refractivity contribution in [3.63, 3.8) is 0 Å². The van der Waals surface area contributed by atoms with Gasteiger partial charge in [-0.3, -0.25) is 9.78 Å². The molecule has 0 bridgehead atoms.